The Morgan fingerprint density at radius 3 is 1.25 bits per heavy atom. The summed E-state index contributed by atoms with van der Waals surface area (Å²) < 4.78 is 32.1. The summed E-state index contributed by atoms with van der Waals surface area (Å²) in [6.07, 6.45) is -4.33. The molecule has 5 heteroatoms. The lowest BCUT2D eigenvalue weighted by molar-refractivity contribution is -0.132. The predicted molar refractivity (Wildman–Crippen MR) is 32.4 cm³/mol. The Morgan fingerprint density at radius 1 is 1.12 bits per heavy atom. The van der Waals surface area contributed by atoms with E-state index in [0.29, 0.717) is 0 Å². The monoisotopic (exact) mass is 162 g/mol. The number of hydrogen-bond donors (Lipinski definition) is 2. The Balaban J connectivity index is 4.02. The van der Waals surface area contributed by atoms with Gasteiger partial charge in [0.1, 0.15) is 4.08 Å². The van der Waals surface area contributed by atoms with Gasteiger partial charge < -0.3 is 0 Å². The molecule has 0 amide bonds. The van der Waals surface area contributed by atoms with Crippen molar-refractivity contribution in [3.63, 3.8) is 0 Å². The molecule has 0 atom stereocenters. The zero-order valence-electron chi connectivity index (χ0n) is 4.03. The predicted octanol–water partition coefficient (Wildman–Crippen LogP) is 2.12. The lowest BCUT2D eigenvalue weighted by Crippen LogP contribution is -2.30. The first kappa shape index (κ1) is 8.49. The Morgan fingerprint density at radius 2 is 1.25 bits per heavy atom. The van der Waals surface area contributed by atoms with Crippen LogP contribution in [-0.2, 0) is 0 Å². The molecular formula is C3H5F3S2. The molecule has 0 radical (unpaired) electrons. The second-order valence-electron chi connectivity index (χ2n) is 1.52. The van der Waals surface area contributed by atoms with Gasteiger partial charge in [-0.2, -0.15) is 38.4 Å². The molecule has 0 spiro atoms. The molecule has 0 nitrogen and oxygen atoms in total. The van der Waals surface area contributed by atoms with Crippen LogP contribution >= 0.6 is 25.3 Å². The molecule has 0 rings (SSSR count). The van der Waals surface area contributed by atoms with Gasteiger partial charge in [0.2, 0.25) is 0 Å². The third-order valence-corrected chi connectivity index (χ3v) is 1.04. The summed E-state index contributed by atoms with van der Waals surface area (Å²) >= 11 is 6.35. The molecule has 0 aromatic heterocycles. The molecule has 8 heavy (non-hydrogen) atoms. The van der Waals surface area contributed by atoms with Gasteiger partial charge in [-0.15, -0.1) is 0 Å². The van der Waals surface area contributed by atoms with E-state index in [2.05, 4.69) is 25.3 Å². The fourth-order valence-corrected chi connectivity index (χ4v) is 0. The third kappa shape index (κ3) is 2.17. The fraction of sp³-hybridized carbons (Fsp3) is 1.00. The van der Waals surface area contributed by atoms with Gasteiger partial charge in [0.15, 0.2) is 0 Å². The zero-order valence-corrected chi connectivity index (χ0v) is 5.82. The van der Waals surface area contributed by atoms with E-state index in [1.165, 1.54) is 0 Å². The topological polar surface area (TPSA) is 0 Å². The van der Waals surface area contributed by atoms with Gasteiger partial charge in [0.25, 0.3) is 0 Å². The first-order chi connectivity index (χ1) is 3.25. The van der Waals surface area contributed by atoms with Crippen molar-refractivity contribution in [1.82, 2.24) is 0 Å². The molecule has 0 fully saturated rings. The molecule has 0 aliphatic carbocycles. The minimum absolute atomic E-state index is 0.874. The average molecular weight is 162 g/mol. The summed E-state index contributed by atoms with van der Waals surface area (Å²) in [6.45, 7) is 0.874. The third-order valence-electron chi connectivity index (χ3n) is 0.537. The highest BCUT2D eigenvalue weighted by molar-refractivity contribution is 8.00. The molecule has 0 heterocycles. The Hall–Kier alpha value is 0.490. The maximum Gasteiger partial charge on any atom is 0.411 e. The van der Waals surface area contributed by atoms with Gasteiger partial charge in [-0.3, -0.25) is 0 Å². The first-order valence-electron chi connectivity index (χ1n) is 1.76. The van der Waals surface area contributed by atoms with Crippen LogP contribution in [0.5, 0.6) is 0 Å². The standard InChI is InChI=1S/C3H5F3S2/c1-2(7,8)3(4,5)6/h7-8H,1H3. The molecule has 0 aromatic rings. The summed E-state index contributed by atoms with van der Waals surface area (Å²) in [5.74, 6) is 0. The second kappa shape index (κ2) is 2.02. The van der Waals surface area contributed by atoms with Gasteiger partial charge in [-0.25, -0.2) is 0 Å². The highest BCUT2D eigenvalue weighted by Gasteiger charge is 2.45. The van der Waals surface area contributed by atoms with Crippen LogP contribution in [0.25, 0.3) is 0 Å². The highest BCUT2D eigenvalue weighted by atomic mass is 32.2. The van der Waals surface area contributed by atoms with Crippen LogP contribution in [0.4, 0.5) is 13.2 Å². The van der Waals surface area contributed by atoms with Crippen LogP contribution in [0.1, 0.15) is 6.92 Å². The number of alkyl halides is 3. The first-order valence-corrected chi connectivity index (χ1v) is 2.66. The lowest BCUT2D eigenvalue weighted by atomic mass is 10.5. The van der Waals surface area contributed by atoms with E-state index in [1.54, 1.807) is 0 Å². The molecule has 0 bridgehead atoms. The molecule has 0 aromatic carbocycles. The molecule has 0 aliphatic rings. The van der Waals surface area contributed by atoms with Crippen LogP contribution in [0, 0.1) is 0 Å². The van der Waals surface area contributed by atoms with E-state index in [0.717, 1.165) is 6.92 Å². The normalized spacial score (nSPS) is 14.2. The minimum Gasteiger partial charge on any atom is -0.169 e. The molecule has 50 valence electrons. The Kier molecular flexibility index (Phi) is 2.15. The lowest BCUT2D eigenvalue weighted by Gasteiger charge is -2.19. The molecule has 0 unspecified atom stereocenters. The summed E-state index contributed by atoms with van der Waals surface area (Å²) in [5, 5.41) is 0. The largest absolute Gasteiger partial charge is 0.411 e. The number of thiol groups is 2. The van der Waals surface area contributed by atoms with Crippen LogP contribution in [0.2, 0.25) is 0 Å². The number of hydrogen-bond acceptors (Lipinski definition) is 2. The minimum atomic E-state index is -4.33. The maximum absolute atomic E-state index is 11.4. The van der Waals surface area contributed by atoms with E-state index in [-0.39, 0.29) is 0 Å². The SMILES string of the molecule is CC(S)(S)C(F)(F)F. The van der Waals surface area contributed by atoms with Crippen molar-refractivity contribution in [1.29, 1.82) is 0 Å². The molecule has 0 saturated heterocycles. The summed E-state index contributed by atoms with van der Waals surface area (Å²) in [4.78, 5) is 0. The van der Waals surface area contributed by atoms with Crippen LogP contribution in [-0.4, -0.2) is 10.3 Å². The summed E-state index contributed by atoms with van der Waals surface area (Å²) in [5.41, 5.74) is 0. The summed E-state index contributed by atoms with van der Waals surface area (Å²) in [7, 11) is 0. The van der Waals surface area contributed by atoms with Crippen molar-refractivity contribution < 1.29 is 13.2 Å². The fourth-order valence-electron chi connectivity index (χ4n) is 0. The van der Waals surface area contributed by atoms with E-state index in [9.17, 15) is 13.2 Å². The number of halogens is 3. The van der Waals surface area contributed by atoms with Crippen LogP contribution in [0.3, 0.4) is 0 Å². The average Bonchev–Trinajstić information content (AvgIpc) is 1.25. The van der Waals surface area contributed by atoms with E-state index in [4.69, 9.17) is 0 Å². The van der Waals surface area contributed by atoms with Gasteiger partial charge >= 0.3 is 6.18 Å². The highest BCUT2D eigenvalue weighted by Crippen LogP contribution is 2.37. The van der Waals surface area contributed by atoms with Crippen molar-refractivity contribution in [2.75, 3.05) is 0 Å². The molecular weight excluding hydrogens is 157 g/mol. The smallest absolute Gasteiger partial charge is 0.169 e. The van der Waals surface area contributed by atoms with Gasteiger partial charge in [0.05, 0.1) is 0 Å². The summed E-state index contributed by atoms with van der Waals surface area (Å²) in [6, 6.07) is 0. The number of rotatable bonds is 0. The molecule has 0 saturated carbocycles. The zero-order chi connectivity index (χ0) is 7.00. The van der Waals surface area contributed by atoms with E-state index >= 15 is 0 Å². The van der Waals surface area contributed by atoms with Crippen molar-refractivity contribution in [2.45, 2.75) is 17.2 Å². The van der Waals surface area contributed by atoms with Crippen molar-refractivity contribution in [3.8, 4) is 0 Å². The molecule has 0 N–H and O–H groups in total. The van der Waals surface area contributed by atoms with E-state index in [1.807, 2.05) is 0 Å². The van der Waals surface area contributed by atoms with Crippen molar-refractivity contribution >= 4 is 25.3 Å². The Bertz CT molecular complexity index is 67.5. The Labute approximate surface area is 56.3 Å². The van der Waals surface area contributed by atoms with Gasteiger partial charge in [0, 0.05) is 0 Å². The van der Waals surface area contributed by atoms with Crippen LogP contribution in [0.15, 0.2) is 0 Å². The maximum atomic E-state index is 11.4. The van der Waals surface area contributed by atoms with Gasteiger partial charge in [-0.1, -0.05) is 0 Å². The second-order valence-corrected chi connectivity index (χ2v) is 3.66. The van der Waals surface area contributed by atoms with Crippen molar-refractivity contribution in [3.05, 3.63) is 0 Å². The molecule has 0 aliphatic heterocycles. The van der Waals surface area contributed by atoms with Crippen LogP contribution < -0.4 is 0 Å². The quantitative estimate of drug-likeness (QED) is 0.395. The van der Waals surface area contributed by atoms with Crippen molar-refractivity contribution in [2.24, 2.45) is 0 Å². The van der Waals surface area contributed by atoms with E-state index < -0.39 is 10.3 Å². The van der Waals surface area contributed by atoms with Gasteiger partial charge in [-0.05, 0) is 6.92 Å².